The highest BCUT2D eigenvalue weighted by molar-refractivity contribution is 5.90. The smallest absolute Gasteiger partial charge is 0.337 e. The van der Waals surface area contributed by atoms with Crippen LogP contribution in [0.1, 0.15) is 43.9 Å². The average Bonchev–Trinajstić information content (AvgIpc) is 2.47. The first kappa shape index (κ1) is 16.7. The van der Waals surface area contributed by atoms with Gasteiger partial charge in [0.2, 0.25) is 0 Å². The van der Waals surface area contributed by atoms with Crippen molar-refractivity contribution in [3.05, 3.63) is 46.7 Å². The SMILES string of the molecule is CCCCOC(=O)/C(=C(\C)N)[C@H](N)c1ccc(C#N)cc1. The number of benzene rings is 1. The van der Waals surface area contributed by atoms with Gasteiger partial charge in [-0.05, 0) is 31.0 Å². The summed E-state index contributed by atoms with van der Waals surface area (Å²) < 4.78 is 5.18. The van der Waals surface area contributed by atoms with E-state index >= 15 is 0 Å². The van der Waals surface area contributed by atoms with Crippen molar-refractivity contribution < 1.29 is 9.53 Å². The van der Waals surface area contributed by atoms with Gasteiger partial charge in [-0.2, -0.15) is 5.26 Å². The van der Waals surface area contributed by atoms with Gasteiger partial charge >= 0.3 is 5.97 Å². The molecule has 1 aromatic rings. The van der Waals surface area contributed by atoms with E-state index in [1.165, 1.54) is 0 Å². The summed E-state index contributed by atoms with van der Waals surface area (Å²) in [5, 5.41) is 8.79. The Labute approximate surface area is 125 Å². The van der Waals surface area contributed by atoms with Crippen molar-refractivity contribution in [2.75, 3.05) is 6.61 Å². The zero-order valence-corrected chi connectivity index (χ0v) is 12.4. The highest BCUT2D eigenvalue weighted by atomic mass is 16.5. The topological polar surface area (TPSA) is 102 Å². The number of hydrogen-bond acceptors (Lipinski definition) is 5. The van der Waals surface area contributed by atoms with E-state index in [4.69, 9.17) is 21.5 Å². The van der Waals surface area contributed by atoms with Crippen molar-refractivity contribution in [1.29, 1.82) is 5.26 Å². The third kappa shape index (κ3) is 4.62. The normalized spacial score (nSPS) is 13.0. The van der Waals surface area contributed by atoms with E-state index < -0.39 is 12.0 Å². The minimum Gasteiger partial charge on any atom is -0.462 e. The molecular weight excluding hydrogens is 266 g/mol. The van der Waals surface area contributed by atoms with Crippen molar-refractivity contribution in [2.24, 2.45) is 11.5 Å². The molecule has 0 amide bonds. The number of carbonyl (C=O) groups excluding carboxylic acids is 1. The standard InChI is InChI=1S/C16H21N3O2/c1-3-4-9-21-16(20)14(11(2)18)15(19)13-7-5-12(10-17)6-8-13/h5-8,15H,3-4,9,18-19H2,1-2H3/b14-11+/t15-/m1/s1. The van der Waals surface area contributed by atoms with Crippen molar-refractivity contribution in [2.45, 2.75) is 32.7 Å². The maximum Gasteiger partial charge on any atom is 0.337 e. The fourth-order valence-corrected chi connectivity index (χ4v) is 1.85. The Hall–Kier alpha value is -2.32. The molecule has 0 bridgehead atoms. The Balaban J connectivity index is 2.92. The van der Waals surface area contributed by atoms with Crippen LogP contribution in [-0.2, 0) is 9.53 Å². The molecule has 0 aromatic heterocycles. The molecule has 112 valence electrons. The first-order chi connectivity index (χ1) is 10.0. The van der Waals surface area contributed by atoms with Crippen LogP contribution < -0.4 is 11.5 Å². The molecule has 0 unspecified atom stereocenters. The first-order valence-electron chi connectivity index (χ1n) is 6.90. The minimum absolute atomic E-state index is 0.260. The number of nitrogens with zero attached hydrogens (tertiary/aromatic N) is 1. The van der Waals surface area contributed by atoms with Gasteiger partial charge in [-0.3, -0.25) is 0 Å². The van der Waals surface area contributed by atoms with E-state index in [0.717, 1.165) is 12.8 Å². The monoisotopic (exact) mass is 287 g/mol. The van der Waals surface area contributed by atoms with Crippen LogP contribution in [-0.4, -0.2) is 12.6 Å². The van der Waals surface area contributed by atoms with Gasteiger partial charge in [-0.25, -0.2) is 4.79 Å². The number of rotatable bonds is 6. The summed E-state index contributed by atoms with van der Waals surface area (Å²) in [4.78, 5) is 12.1. The molecule has 0 fully saturated rings. The van der Waals surface area contributed by atoms with Gasteiger partial charge < -0.3 is 16.2 Å². The predicted molar refractivity (Wildman–Crippen MR) is 80.8 cm³/mol. The quantitative estimate of drug-likeness (QED) is 0.474. The highest BCUT2D eigenvalue weighted by Gasteiger charge is 2.22. The summed E-state index contributed by atoms with van der Waals surface area (Å²) in [5.41, 5.74) is 13.7. The number of nitrogens with two attached hydrogens (primary N) is 2. The number of carbonyl (C=O) groups is 1. The minimum atomic E-state index is -0.670. The molecule has 0 saturated heterocycles. The van der Waals surface area contributed by atoms with Gasteiger partial charge in [0.1, 0.15) is 0 Å². The van der Waals surface area contributed by atoms with Crippen LogP contribution >= 0.6 is 0 Å². The largest absolute Gasteiger partial charge is 0.462 e. The number of hydrogen-bond donors (Lipinski definition) is 2. The molecule has 5 heteroatoms. The number of unbranched alkanes of at least 4 members (excludes halogenated alkanes) is 1. The fourth-order valence-electron chi connectivity index (χ4n) is 1.85. The second kappa shape index (κ2) is 8.08. The zero-order chi connectivity index (χ0) is 15.8. The first-order valence-corrected chi connectivity index (χ1v) is 6.90. The second-order valence-electron chi connectivity index (χ2n) is 4.80. The molecule has 0 spiro atoms. The summed E-state index contributed by atoms with van der Waals surface area (Å²) in [6.45, 7) is 3.99. The molecule has 0 saturated carbocycles. The van der Waals surface area contributed by atoms with Crippen molar-refractivity contribution in [3.63, 3.8) is 0 Å². The molecule has 21 heavy (non-hydrogen) atoms. The molecule has 0 radical (unpaired) electrons. The van der Waals surface area contributed by atoms with Crippen LogP contribution in [0, 0.1) is 11.3 Å². The molecule has 5 nitrogen and oxygen atoms in total. The van der Waals surface area contributed by atoms with E-state index in [-0.39, 0.29) is 5.57 Å². The molecule has 1 rings (SSSR count). The maximum atomic E-state index is 12.1. The summed E-state index contributed by atoms with van der Waals surface area (Å²) in [5.74, 6) is -0.486. The maximum absolute atomic E-state index is 12.1. The fraction of sp³-hybridized carbons (Fsp3) is 0.375. The van der Waals surface area contributed by atoms with Crippen LogP contribution in [0.2, 0.25) is 0 Å². The van der Waals surface area contributed by atoms with Crippen LogP contribution in [0.5, 0.6) is 0 Å². The van der Waals surface area contributed by atoms with Crippen molar-refractivity contribution in [3.8, 4) is 6.07 Å². The number of allylic oxidation sites excluding steroid dienone is 1. The van der Waals surface area contributed by atoms with Gasteiger partial charge in [-0.15, -0.1) is 0 Å². The van der Waals surface area contributed by atoms with E-state index in [1.807, 2.05) is 13.0 Å². The van der Waals surface area contributed by atoms with Crippen LogP contribution in [0.25, 0.3) is 0 Å². The lowest BCUT2D eigenvalue weighted by Gasteiger charge is -2.17. The Bertz CT molecular complexity index is 552. The number of ether oxygens (including phenoxy) is 1. The highest BCUT2D eigenvalue weighted by Crippen LogP contribution is 2.22. The molecular formula is C16H21N3O2. The Morgan fingerprint density at radius 1 is 1.38 bits per heavy atom. The van der Waals surface area contributed by atoms with Gasteiger partial charge in [0.15, 0.2) is 0 Å². The van der Waals surface area contributed by atoms with Crippen LogP contribution in [0.15, 0.2) is 35.5 Å². The summed E-state index contributed by atoms with van der Waals surface area (Å²) in [7, 11) is 0. The molecule has 4 N–H and O–H groups in total. The van der Waals surface area contributed by atoms with E-state index in [1.54, 1.807) is 31.2 Å². The molecule has 0 heterocycles. The van der Waals surface area contributed by atoms with Crippen LogP contribution in [0.3, 0.4) is 0 Å². The van der Waals surface area contributed by atoms with E-state index in [0.29, 0.717) is 23.4 Å². The molecule has 0 aliphatic heterocycles. The van der Waals surface area contributed by atoms with E-state index in [2.05, 4.69) is 0 Å². The Morgan fingerprint density at radius 2 is 2.00 bits per heavy atom. The third-order valence-electron chi connectivity index (χ3n) is 3.09. The van der Waals surface area contributed by atoms with Gasteiger partial charge in [0, 0.05) is 5.70 Å². The van der Waals surface area contributed by atoms with Gasteiger partial charge in [0.25, 0.3) is 0 Å². The summed E-state index contributed by atoms with van der Waals surface area (Å²) in [6.07, 6.45) is 1.74. The van der Waals surface area contributed by atoms with Crippen molar-refractivity contribution >= 4 is 5.97 Å². The summed E-state index contributed by atoms with van der Waals surface area (Å²) in [6, 6.07) is 8.10. The number of nitriles is 1. The Kier molecular flexibility index (Phi) is 6.44. The second-order valence-corrected chi connectivity index (χ2v) is 4.80. The third-order valence-corrected chi connectivity index (χ3v) is 3.09. The predicted octanol–water partition coefficient (Wildman–Crippen LogP) is 2.13. The number of esters is 1. The van der Waals surface area contributed by atoms with Gasteiger partial charge in [-0.1, -0.05) is 25.5 Å². The molecule has 1 atom stereocenters. The van der Waals surface area contributed by atoms with E-state index in [9.17, 15) is 4.79 Å². The van der Waals surface area contributed by atoms with Crippen LogP contribution in [0.4, 0.5) is 0 Å². The zero-order valence-electron chi connectivity index (χ0n) is 12.4. The molecule has 0 aliphatic carbocycles. The molecule has 0 aliphatic rings. The van der Waals surface area contributed by atoms with Gasteiger partial charge in [0.05, 0.1) is 29.9 Å². The lowest BCUT2D eigenvalue weighted by atomic mass is 9.97. The Morgan fingerprint density at radius 3 is 2.48 bits per heavy atom. The van der Waals surface area contributed by atoms with Crippen molar-refractivity contribution in [1.82, 2.24) is 0 Å². The molecule has 1 aromatic carbocycles. The summed E-state index contributed by atoms with van der Waals surface area (Å²) >= 11 is 0. The average molecular weight is 287 g/mol. The lowest BCUT2D eigenvalue weighted by Crippen LogP contribution is -2.24. The lowest BCUT2D eigenvalue weighted by molar-refractivity contribution is -0.139.